The lowest BCUT2D eigenvalue weighted by Crippen LogP contribution is -2.32. The Morgan fingerprint density at radius 1 is 1.43 bits per heavy atom. The molecule has 1 atom stereocenters. The van der Waals surface area contributed by atoms with Crippen molar-refractivity contribution in [1.82, 2.24) is 10.1 Å². The first kappa shape index (κ1) is 15.7. The number of hydrogen-bond donors (Lipinski definition) is 0. The molecule has 0 aliphatic carbocycles. The molecule has 1 aromatic carbocycles. The maximum absolute atomic E-state index is 13.3. The first-order chi connectivity index (χ1) is 11.2. The monoisotopic (exact) mass is 316 g/mol. The highest BCUT2D eigenvalue weighted by atomic mass is 19.1. The van der Waals surface area contributed by atoms with Gasteiger partial charge in [-0.3, -0.25) is 4.79 Å². The summed E-state index contributed by atoms with van der Waals surface area (Å²) in [5.41, 5.74) is 1.53. The molecule has 1 aliphatic rings. The summed E-state index contributed by atoms with van der Waals surface area (Å²) in [5, 5.41) is 4.14. The number of aromatic nitrogens is 1. The summed E-state index contributed by atoms with van der Waals surface area (Å²) in [5.74, 6) is 0.569. The molecule has 4 nitrogen and oxygen atoms in total. The Bertz CT molecular complexity index is 683. The van der Waals surface area contributed by atoms with Crippen molar-refractivity contribution in [2.45, 2.75) is 45.1 Å². The molecule has 3 rings (SSSR count). The van der Waals surface area contributed by atoms with Gasteiger partial charge in [0.25, 0.3) is 0 Å². The molecule has 1 aromatic heterocycles. The molecule has 0 N–H and O–H groups in total. The highest BCUT2D eigenvalue weighted by Gasteiger charge is 2.32. The number of nitrogens with zero attached hydrogens (tertiary/aromatic N) is 2. The van der Waals surface area contributed by atoms with Crippen molar-refractivity contribution in [2.24, 2.45) is 0 Å². The predicted octanol–water partition coefficient (Wildman–Crippen LogP) is 3.67. The first-order valence-corrected chi connectivity index (χ1v) is 8.16. The summed E-state index contributed by atoms with van der Waals surface area (Å²) in [6.45, 7) is 2.81. The summed E-state index contributed by atoms with van der Waals surface area (Å²) >= 11 is 0. The van der Waals surface area contributed by atoms with Gasteiger partial charge < -0.3 is 9.42 Å². The number of aryl methyl sites for hydroxylation is 1. The van der Waals surface area contributed by atoms with Crippen LogP contribution in [0.25, 0.3) is 0 Å². The van der Waals surface area contributed by atoms with Crippen LogP contribution in [0, 0.1) is 5.82 Å². The second-order valence-electron chi connectivity index (χ2n) is 6.02. The minimum absolute atomic E-state index is 0.0122. The van der Waals surface area contributed by atoms with Crippen molar-refractivity contribution in [3.05, 3.63) is 53.2 Å². The van der Waals surface area contributed by atoms with E-state index in [1.54, 1.807) is 12.1 Å². The molecule has 122 valence electrons. The lowest BCUT2D eigenvalue weighted by Gasteiger charge is -2.23. The first-order valence-electron chi connectivity index (χ1n) is 8.16. The number of likely N-dealkylation sites (tertiary alicyclic amines) is 1. The third-order valence-corrected chi connectivity index (χ3v) is 4.23. The van der Waals surface area contributed by atoms with Gasteiger partial charge in [-0.15, -0.1) is 0 Å². The quantitative estimate of drug-likeness (QED) is 0.845. The lowest BCUT2D eigenvalue weighted by molar-refractivity contribution is -0.131. The summed E-state index contributed by atoms with van der Waals surface area (Å²) in [7, 11) is 0. The standard InChI is InChI=1S/C18H21FN2O2/c1-2-5-15-12-16(20-23-15)17-8-4-9-21(17)18(22)11-13-6-3-7-14(19)10-13/h3,6-7,10,12,17H,2,4-5,8-9,11H2,1H3/t17-/m0/s1. The number of benzene rings is 1. The number of rotatable bonds is 5. The Labute approximate surface area is 135 Å². The van der Waals surface area contributed by atoms with Gasteiger partial charge in [0.05, 0.1) is 12.5 Å². The second kappa shape index (κ2) is 6.94. The highest BCUT2D eigenvalue weighted by molar-refractivity contribution is 5.79. The summed E-state index contributed by atoms with van der Waals surface area (Å²) < 4.78 is 18.6. The minimum atomic E-state index is -0.311. The Balaban J connectivity index is 1.71. The third kappa shape index (κ3) is 3.60. The molecule has 2 heterocycles. The van der Waals surface area contributed by atoms with Gasteiger partial charge in [-0.05, 0) is 37.0 Å². The molecule has 1 aliphatic heterocycles. The molecule has 23 heavy (non-hydrogen) atoms. The van der Waals surface area contributed by atoms with Gasteiger partial charge in [-0.2, -0.15) is 0 Å². The van der Waals surface area contributed by atoms with Crippen LogP contribution in [0.3, 0.4) is 0 Å². The van der Waals surface area contributed by atoms with Crippen LogP contribution in [0.1, 0.15) is 49.2 Å². The smallest absolute Gasteiger partial charge is 0.227 e. The van der Waals surface area contributed by atoms with Crippen LogP contribution in [0.15, 0.2) is 34.9 Å². The van der Waals surface area contributed by atoms with Crippen LogP contribution >= 0.6 is 0 Å². The van der Waals surface area contributed by atoms with E-state index in [0.717, 1.165) is 43.7 Å². The third-order valence-electron chi connectivity index (χ3n) is 4.23. The molecule has 5 heteroatoms. The van der Waals surface area contributed by atoms with E-state index < -0.39 is 0 Å². The zero-order chi connectivity index (χ0) is 16.2. The van der Waals surface area contributed by atoms with E-state index in [1.807, 2.05) is 11.0 Å². The Hall–Kier alpha value is -2.17. The molecule has 1 fully saturated rings. The van der Waals surface area contributed by atoms with E-state index >= 15 is 0 Å². The fourth-order valence-electron chi connectivity index (χ4n) is 3.15. The van der Waals surface area contributed by atoms with Gasteiger partial charge in [0.15, 0.2) is 0 Å². The molecule has 1 saturated heterocycles. The number of amides is 1. The van der Waals surface area contributed by atoms with E-state index in [1.165, 1.54) is 12.1 Å². The van der Waals surface area contributed by atoms with Gasteiger partial charge in [0.2, 0.25) is 5.91 Å². The normalized spacial score (nSPS) is 17.7. The van der Waals surface area contributed by atoms with Crippen LogP contribution < -0.4 is 0 Å². The van der Waals surface area contributed by atoms with E-state index in [-0.39, 0.29) is 24.2 Å². The topological polar surface area (TPSA) is 46.3 Å². The molecule has 0 radical (unpaired) electrons. The van der Waals surface area contributed by atoms with Gasteiger partial charge in [0.1, 0.15) is 17.3 Å². The molecule has 0 unspecified atom stereocenters. The minimum Gasteiger partial charge on any atom is -0.361 e. The molecule has 0 saturated carbocycles. The van der Waals surface area contributed by atoms with Crippen molar-refractivity contribution < 1.29 is 13.7 Å². The summed E-state index contributed by atoms with van der Waals surface area (Å²) in [6, 6.07) is 8.15. The lowest BCUT2D eigenvalue weighted by atomic mass is 10.1. The molecule has 2 aromatic rings. The van der Waals surface area contributed by atoms with Crippen LogP contribution in [-0.2, 0) is 17.6 Å². The van der Waals surface area contributed by atoms with Crippen LogP contribution in [0.4, 0.5) is 4.39 Å². The van der Waals surface area contributed by atoms with Crippen molar-refractivity contribution in [2.75, 3.05) is 6.54 Å². The van der Waals surface area contributed by atoms with Crippen molar-refractivity contribution >= 4 is 5.91 Å². The number of hydrogen-bond acceptors (Lipinski definition) is 3. The van der Waals surface area contributed by atoms with Crippen molar-refractivity contribution in [3.8, 4) is 0 Å². The number of carbonyl (C=O) groups is 1. The van der Waals surface area contributed by atoms with E-state index in [2.05, 4.69) is 12.1 Å². The highest BCUT2D eigenvalue weighted by Crippen LogP contribution is 2.32. The molecule has 0 spiro atoms. The average molecular weight is 316 g/mol. The summed E-state index contributed by atoms with van der Waals surface area (Å²) in [4.78, 5) is 14.4. The van der Waals surface area contributed by atoms with E-state index in [4.69, 9.17) is 4.52 Å². The van der Waals surface area contributed by atoms with Crippen LogP contribution in [0.5, 0.6) is 0 Å². The molecule has 0 bridgehead atoms. The van der Waals surface area contributed by atoms with Gasteiger partial charge >= 0.3 is 0 Å². The van der Waals surface area contributed by atoms with Crippen molar-refractivity contribution in [1.29, 1.82) is 0 Å². The molecular weight excluding hydrogens is 295 g/mol. The Morgan fingerprint density at radius 3 is 3.09 bits per heavy atom. The van der Waals surface area contributed by atoms with E-state index in [0.29, 0.717) is 5.56 Å². The zero-order valence-corrected chi connectivity index (χ0v) is 13.3. The summed E-state index contributed by atoms with van der Waals surface area (Å²) in [6.07, 6.45) is 3.93. The number of carbonyl (C=O) groups excluding carboxylic acids is 1. The maximum atomic E-state index is 13.3. The average Bonchev–Trinajstić information content (AvgIpc) is 3.16. The predicted molar refractivity (Wildman–Crippen MR) is 84.3 cm³/mol. The van der Waals surface area contributed by atoms with E-state index in [9.17, 15) is 9.18 Å². The largest absolute Gasteiger partial charge is 0.361 e. The Kier molecular flexibility index (Phi) is 4.74. The second-order valence-corrected chi connectivity index (χ2v) is 6.02. The Morgan fingerprint density at radius 2 is 2.30 bits per heavy atom. The number of halogens is 1. The van der Waals surface area contributed by atoms with Gasteiger partial charge in [0, 0.05) is 19.0 Å². The SMILES string of the molecule is CCCc1cc([C@@H]2CCCN2C(=O)Cc2cccc(F)c2)no1. The van der Waals surface area contributed by atoms with Crippen LogP contribution in [-0.4, -0.2) is 22.5 Å². The molecule has 1 amide bonds. The maximum Gasteiger partial charge on any atom is 0.227 e. The van der Waals surface area contributed by atoms with Crippen molar-refractivity contribution in [3.63, 3.8) is 0 Å². The van der Waals surface area contributed by atoms with Crippen LogP contribution in [0.2, 0.25) is 0 Å². The van der Waals surface area contributed by atoms with Gasteiger partial charge in [-0.1, -0.05) is 24.2 Å². The fourth-order valence-corrected chi connectivity index (χ4v) is 3.15. The van der Waals surface area contributed by atoms with Gasteiger partial charge in [-0.25, -0.2) is 4.39 Å². The zero-order valence-electron chi connectivity index (χ0n) is 13.3. The fraction of sp³-hybridized carbons (Fsp3) is 0.444. The molecular formula is C18H21FN2O2.